The summed E-state index contributed by atoms with van der Waals surface area (Å²) in [7, 11) is 0. The highest BCUT2D eigenvalue weighted by molar-refractivity contribution is 7.80. The third-order valence-corrected chi connectivity index (χ3v) is 6.39. The summed E-state index contributed by atoms with van der Waals surface area (Å²) >= 11 is 11.2. The lowest BCUT2D eigenvalue weighted by molar-refractivity contribution is -0.141. The molecule has 0 unspecified atom stereocenters. The molecule has 0 saturated heterocycles. The van der Waals surface area contributed by atoms with Crippen LogP contribution in [0, 0.1) is 0 Å². The van der Waals surface area contributed by atoms with Gasteiger partial charge in [0.1, 0.15) is 17.3 Å². The standard InChI is InChI=1S/C26H21ClF3N5OS/c27-19-7-5-17(6-8-19)21-10-9-20(36-21)14-31-25(37)34-24-32-22(26(28,29)30)13-23(33-24)35-12-11-16-3-1-2-4-18(16)15-35/h1-10,13H,11-12,14-15H2,(H2,31,32,33,34,37). The highest BCUT2D eigenvalue weighted by Crippen LogP contribution is 2.32. The Labute approximate surface area is 221 Å². The summed E-state index contributed by atoms with van der Waals surface area (Å²) in [5.74, 6) is 1.19. The molecule has 6 nitrogen and oxygen atoms in total. The number of nitrogens with zero attached hydrogens (tertiary/aromatic N) is 3. The van der Waals surface area contributed by atoms with Crippen LogP contribution in [-0.2, 0) is 25.7 Å². The minimum atomic E-state index is -4.64. The Morgan fingerprint density at radius 3 is 2.54 bits per heavy atom. The van der Waals surface area contributed by atoms with Gasteiger partial charge in [0.05, 0.1) is 6.54 Å². The number of hydrogen-bond acceptors (Lipinski definition) is 5. The molecule has 0 saturated carbocycles. The van der Waals surface area contributed by atoms with E-state index in [4.69, 9.17) is 28.2 Å². The molecule has 2 aromatic heterocycles. The molecule has 37 heavy (non-hydrogen) atoms. The zero-order valence-corrected chi connectivity index (χ0v) is 20.9. The number of fused-ring (bicyclic) bond motifs is 1. The van der Waals surface area contributed by atoms with Crippen LogP contribution in [0.2, 0.25) is 5.02 Å². The monoisotopic (exact) mass is 543 g/mol. The fourth-order valence-electron chi connectivity index (χ4n) is 4.04. The van der Waals surface area contributed by atoms with Crippen LogP contribution in [0.3, 0.4) is 0 Å². The molecule has 5 rings (SSSR count). The van der Waals surface area contributed by atoms with Crippen molar-refractivity contribution in [2.45, 2.75) is 25.7 Å². The Morgan fingerprint density at radius 1 is 1.03 bits per heavy atom. The van der Waals surface area contributed by atoms with Crippen molar-refractivity contribution in [1.29, 1.82) is 0 Å². The Hall–Kier alpha value is -3.63. The smallest absolute Gasteiger partial charge is 0.433 e. The molecular weight excluding hydrogens is 523 g/mol. The minimum absolute atomic E-state index is 0.0682. The van der Waals surface area contributed by atoms with Crippen LogP contribution in [0.1, 0.15) is 22.6 Å². The van der Waals surface area contributed by atoms with E-state index in [-0.39, 0.29) is 23.4 Å². The van der Waals surface area contributed by atoms with Crippen molar-refractivity contribution in [3.63, 3.8) is 0 Å². The second-order valence-corrected chi connectivity index (χ2v) is 9.30. The number of alkyl halides is 3. The number of thiocarbonyl (C=S) groups is 1. The molecule has 1 aliphatic rings. The zero-order chi connectivity index (χ0) is 26.0. The van der Waals surface area contributed by atoms with Crippen molar-refractivity contribution < 1.29 is 17.6 Å². The number of halogens is 4. The van der Waals surface area contributed by atoms with Gasteiger partial charge in [-0.05, 0) is 66.2 Å². The quantitative estimate of drug-likeness (QED) is 0.280. The third-order valence-electron chi connectivity index (χ3n) is 5.90. The van der Waals surface area contributed by atoms with Crippen LogP contribution in [0.4, 0.5) is 24.9 Å². The second kappa shape index (κ2) is 10.4. The molecular formula is C26H21ClF3N5OS. The lowest BCUT2D eigenvalue weighted by atomic mass is 10.00. The van der Waals surface area contributed by atoms with Crippen molar-refractivity contribution in [2.75, 3.05) is 16.8 Å². The maximum absolute atomic E-state index is 13.6. The van der Waals surface area contributed by atoms with Gasteiger partial charge in [0.2, 0.25) is 5.95 Å². The number of nitrogens with one attached hydrogen (secondary N) is 2. The average molecular weight is 544 g/mol. The van der Waals surface area contributed by atoms with E-state index in [0.717, 1.165) is 17.2 Å². The largest absolute Gasteiger partial charge is 0.459 e. The first-order chi connectivity index (χ1) is 17.7. The summed E-state index contributed by atoms with van der Waals surface area (Å²) in [5, 5.41) is 6.30. The summed E-state index contributed by atoms with van der Waals surface area (Å²) in [6.07, 6.45) is -3.92. The van der Waals surface area contributed by atoms with Crippen LogP contribution < -0.4 is 15.5 Å². The molecule has 1 aliphatic heterocycles. The molecule has 4 aromatic rings. The first-order valence-corrected chi connectivity index (χ1v) is 12.2. The molecule has 0 spiro atoms. The fraction of sp³-hybridized carbons (Fsp3) is 0.192. The molecule has 3 heterocycles. The topological polar surface area (TPSA) is 66.2 Å². The molecule has 0 bridgehead atoms. The molecule has 0 aliphatic carbocycles. The lowest BCUT2D eigenvalue weighted by Crippen LogP contribution is -2.33. The number of rotatable bonds is 5. The van der Waals surface area contributed by atoms with Crippen LogP contribution in [0.25, 0.3) is 11.3 Å². The van der Waals surface area contributed by atoms with Crippen molar-refractivity contribution in [2.24, 2.45) is 0 Å². The van der Waals surface area contributed by atoms with Crippen LogP contribution in [0.5, 0.6) is 0 Å². The highest BCUT2D eigenvalue weighted by Gasteiger charge is 2.34. The predicted molar refractivity (Wildman–Crippen MR) is 140 cm³/mol. The van der Waals surface area contributed by atoms with E-state index in [1.165, 1.54) is 5.56 Å². The Morgan fingerprint density at radius 2 is 1.78 bits per heavy atom. The van der Waals surface area contributed by atoms with Gasteiger partial charge in [0.25, 0.3) is 0 Å². The van der Waals surface area contributed by atoms with E-state index in [9.17, 15) is 13.2 Å². The maximum Gasteiger partial charge on any atom is 0.433 e. The SMILES string of the molecule is FC(F)(F)c1cc(N2CCc3ccccc3C2)nc(NC(=S)NCc2ccc(-c3ccc(Cl)cc3)o2)n1. The first kappa shape index (κ1) is 25.0. The number of aromatic nitrogens is 2. The Bertz CT molecular complexity index is 1420. The maximum atomic E-state index is 13.6. The summed E-state index contributed by atoms with van der Waals surface area (Å²) < 4.78 is 46.7. The average Bonchev–Trinajstić information content (AvgIpc) is 3.36. The van der Waals surface area contributed by atoms with Gasteiger partial charge in [0, 0.05) is 29.7 Å². The fourth-order valence-corrected chi connectivity index (χ4v) is 4.33. The summed E-state index contributed by atoms with van der Waals surface area (Å²) in [4.78, 5) is 9.79. The normalized spacial score (nSPS) is 13.2. The number of anilines is 2. The molecule has 0 fully saturated rings. The lowest BCUT2D eigenvalue weighted by Gasteiger charge is -2.30. The molecule has 2 N–H and O–H groups in total. The molecule has 0 amide bonds. The molecule has 0 atom stereocenters. The molecule has 190 valence electrons. The van der Waals surface area contributed by atoms with E-state index in [1.807, 2.05) is 47.4 Å². The predicted octanol–water partition coefficient (Wildman–Crippen LogP) is 6.46. The van der Waals surface area contributed by atoms with Crippen LogP contribution in [0.15, 0.2) is 71.1 Å². The van der Waals surface area contributed by atoms with Crippen molar-refractivity contribution in [3.05, 3.63) is 94.3 Å². The van der Waals surface area contributed by atoms with Gasteiger partial charge < -0.3 is 20.0 Å². The number of furan rings is 1. The van der Waals surface area contributed by atoms with E-state index in [2.05, 4.69) is 20.6 Å². The van der Waals surface area contributed by atoms with E-state index < -0.39 is 11.9 Å². The zero-order valence-electron chi connectivity index (χ0n) is 19.3. The van der Waals surface area contributed by atoms with Gasteiger partial charge in [-0.15, -0.1) is 0 Å². The van der Waals surface area contributed by atoms with Gasteiger partial charge in [-0.1, -0.05) is 35.9 Å². The molecule has 0 radical (unpaired) electrons. The minimum Gasteiger partial charge on any atom is -0.459 e. The van der Waals surface area contributed by atoms with Gasteiger partial charge in [0.15, 0.2) is 10.8 Å². The highest BCUT2D eigenvalue weighted by atomic mass is 35.5. The number of benzene rings is 2. The van der Waals surface area contributed by atoms with Crippen molar-refractivity contribution >= 4 is 40.7 Å². The number of hydrogen-bond donors (Lipinski definition) is 2. The first-order valence-electron chi connectivity index (χ1n) is 11.4. The van der Waals surface area contributed by atoms with Gasteiger partial charge in [-0.2, -0.15) is 18.2 Å². The van der Waals surface area contributed by atoms with Gasteiger partial charge >= 0.3 is 6.18 Å². The van der Waals surface area contributed by atoms with Gasteiger partial charge in [-0.3, -0.25) is 0 Å². The van der Waals surface area contributed by atoms with Gasteiger partial charge in [-0.25, -0.2) is 4.98 Å². The van der Waals surface area contributed by atoms with E-state index >= 15 is 0 Å². The molecule has 11 heteroatoms. The van der Waals surface area contributed by atoms with Crippen molar-refractivity contribution in [1.82, 2.24) is 15.3 Å². The summed E-state index contributed by atoms with van der Waals surface area (Å²) in [6, 6.07) is 19.7. The van der Waals surface area contributed by atoms with Crippen LogP contribution >= 0.6 is 23.8 Å². The second-order valence-electron chi connectivity index (χ2n) is 8.45. The van der Waals surface area contributed by atoms with E-state index in [0.29, 0.717) is 36.1 Å². The summed E-state index contributed by atoms with van der Waals surface area (Å²) in [6.45, 7) is 1.22. The van der Waals surface area contributed by atoms with Crippen LogP contribution in [-0.4, -0.2) is 21.6 Å². The van der Waals surface area contributed by atoms with Crippen molar-refractivity contribution in [3.8, 4) is 11.3 Å². The van der Waals surface area contributed by atoms with E-state index in [1.54, 1.807) is 18.2 Å². The Kier molecular flexibility index (Phi) is 7.03. The Balaban J connectivity index is 1.28. The molecule has 2 aromatic carbocycles. The third kappa shape index (κ3) is 6.03. The summed E-state index contributed by atoms with van der Waals surface area (Å²) in [5.41, 5.74) is 2.07.